The zero-order valence-electron chi connectivity index (χ0n) is 13.6. The quantitative estimate of drug-likeness (QED) is 0.814. The zero-order valence-corrected chi connectivity index (χ0v) is 13.6. The topological polar surface area (TPSA) is 78.9 Å². The number of piperidine rings is 1. The summed E-state index contributed by atoms with van der Waals surface area (Å²) in [6.07, 6.45) is -0.402. The van der Waals surface area contributed by atoms with E-state index in [1.165, 1.54) is 4.90 Å². The van der Waals surface area contributed by atoms with Crippen LogP contribution in [0.2, 0.25) is 0 Å². The summed E-state index contributed by atoms with van der Waals surface area (Å²) in [5.41, 5.74) is 1.13. The van der Waals surface area contributed by atoms with E-state index < -0.39 is 12.0 Å². The number of carbonyl (C=O) groups is 2. The first-order valence-electron chi connectivity index (χ1n) is 7.98. The predicted molar refractivity (Wildman–Crippen MR) is 86.1 cm³/mol. The highest BCUT2D eigenvalue weighted by molar-refractivity contribution is 5.75. The second-order valence-corrected chi connectivity index (χ2v) is 5.78. The summed E-state index contributed by atoms with van der Waals surface area (Å²) in [4.78, 5) is 24.7. The van der Waals surface area contributed by atoms with Crippen LogP contribution in [0.4, 0.5) is 4.79 Å². The lowest BCUT2D eigenvalue weighted by molar-refractivity contribution is -0.150. The smallest absolute Gasteiger partial charge is 0.407 e. The maximum atomic E-state index is 12.2. The molecular formula is C17H24N2O4. The van der Waals surface area contributed by atoms with Gasteiger partial charge in [-0.25, -0.2) is 4.79 Å². The molecule has 0 bridgehead atoms. The van der Waals surface area contributed by atoms with E-state index >= 15 is 0 Å². The van der Waals surface area contributed by atoms with Gasteiger partial charge in [0.15, 0.2) is 0 Å². The summed E-state index contributed by atoms with van der Waals surface area (Å²) >= 11 is 0. The van der Waals surface area contributed by atoms with Gasteiger partial charge in [-0.2, -0.15) is 0 Å². The Morgan fingerprint density at radius 2 is 2.09 bits per heavy atom. The number of nitrogens with zero attached hydrogens (tertiary/aromatic N) is 1. The van der Waals surface area contributed by atoms with Crippen molar-refractivity contribution in [3.05, 3.63) is 35.9 Å². The van der Waals surface area contributed by atoms with Crippen LogP contribution in [0, 0.1) is 5.92 Å². The molecule has 1 heterocycles. The average Bonchev–Trinajstić information content (AvgIpc) is 2.56. The van der Waals surface area contributed by atoms with Crippen molar-refractivity contribution >= 4 is 12.1 Å². The molecule has 0 radical (unpaired) electrons. The molecule has 1 aliphatic rings. The van der Waals surface area contributed by atoms with Crippen LogP contribution in [-0.4, -0.2) is 47.8 Å². The molecule has 0 aliphatic carbocycles. The summed E-state index contributed by atoms with van der Waals surface area (Å²) in [5, 5.41) is 12.6. The second-order valence-electron chi connectivity index (χ2n) is 5.78. The van der Waals surface area contributed by atoms with Gasteiger partial charge in [0.1, 0.15) is 0 Å². The largest absolute Gasteiger partial charge is 0.466 e. The Morgan fingerprint density at radius 1 is 1.39 bits per heavy atom. The lowest BCUT2D eigenvalue weighted by Gasteiger charge is -2.37. The lowest BCUT2D eigenvalue weighted by Crippen LogP contribution is -2.54. The number of hydrogen-bond donors (Lipinski definition) is 2. The molecule has 1 fully saturated rings. The van der Waals surface area contributed by atoms with Gasteiger partial charge in [0.05, 0.1) is 12.5 Å². The van der Waals surface area contributed by atoms with Crippen molar-refractivity contribution in [2.45, 2.75) is 32.4 Å². The molecule has 2 N–H and O–H groups in total. The van der Waals surface area contributed by atoms with Crippen LogP contribution in [0.3, 0.4) is 0 Å². The predicted octanol–water partition coefficient (Wildman–Crippen LogP) is 2.27. The number of amides is 1. The lowest BCUT2D eigenvalue weighted by atomic mass is 9.91. The minimum atomic E-state index is -0.992. The molecule has 1 aromatic carbocycles. The summed E-state index contributed by atoms with van der Waals surface area (Å²) in [6.45, 7) is 4.69. The molecular weight excluding hydrogens is 296 g/mol. The minimum absolute atomic E-state index is 0.0782. The van der Waals surface area contributed by atoms with E-state index in [4.69, 9.17) is 9.84 Å². The third-order valence-electron chi connectivity index (χ3n) is 4.24. The third-order valence-corrected chi connectivity index (χ3v) is 4.24. The van der Waals surface area contributed by atoms with Crippen molar-refractivity contribution in [1.29, 1.82) is 0 Å². The first-order chi connectivity index (χ1) is 11.0. The van der Waals surface area contributed by atoms with E-state index in [1.807, 2.05) is 37.3 Å². The van der Waals surface area contributed by atoms with E-state index in [-0.39, 0.29) is 24.6 Å². The molecule has 0 unspecified atom stereocenters. The van der Waals surface area contributed by atoms with Crippen LogP contribution in [0.1, 0.15) is 31.9 Å². The third kappa shape index (κ3) is 4.45. The van der Waals surface area contributed by atoms with Gasteiger partial charge in [0.2, 0.25) is 0 Å². The van der Waals surface area contributed by atoms with Crippen molar-refractivity contribution < 1.29 is 19.4 Å². The summed E-state index contributed by atoms with van der Waals surface area (Å²) in [6, 6.07) is 9.96. The second kappa shape index (κ2) is 7.97. The van der Waals surface area contributed by atoms with E-state index in [9.17, 15) is 9.59 Å². The van der Waals surface area contributed by atoms with Crippen LogP contribution >= 0.6 is 0 Å². The summed E-state index contributed by atoms with van der Waals surface area (Å²) < 4.78 is 5.13. The maximum Gasteiger partial charge on any atom is 0.407 e. The minimum Gasteiger partial charge on any atom is -0.466 e. The highest BCUT2D eigenvalue weighted by Gasteiger charge is 2.37. The maximum absolute atomic E-state index is 12.2. The van der Waals surface area contributed by atoms with Gasteiger partial charge in [0, 0.05) is 25.2 Å². The van der Waals surface area contributed by atoms with Crippen LogP contribution in [0.5, 0.6) is 0 Å². The van der Waals surface area contributed by atoms with E-state index in [0.29, 0.717) is 19.6 Å². The molecule has 1 saturated heterocycles. The normalized spacial score (nSPS) is 22.4. The van der Waals surface area contributed by atoms with Gasteiger partial charge in [-0.05, 0) is 25.8 Å². The van der Waals surface area contributed by atoms with E-state index in [1.54, 1.807) is 6.92 Å². The number of hydrogen-bond acceptors (Lipinski definition) is 4. The fraction of sp³-hybridized carbons (Fsp3) is 0.529. The molecule has 1 amide bonds. The molecule has 6 heteroatoms. The van der Waals surface area contributed by atoms with Crippen molar-refractivity contribution in [2.24, 2.45) is 5.92 Å². The van der Waals surface area contributed by atoms with Crippen molar-refractivity contribution in [3.63, 3.8) is 0 Å². The Hall–Kier alpha value is -2.08. The zero-order chi connectivity index (χ0) is 16.8. The first-order valence-corrected chi connectivity index (χ1v) is 7.98. The van der Waals surface area contributed by atoms with Crippen LogP contribution in [0.15, 0.2) is 30.3 Å². The Kier molecular flexibility index (Phi) is 5.98. The standard InChI is InChI=1S/C17H24N2O4/c1-3-23-16(20)14-11-19(17(21)22)10-9-15(14)18-12(2)13-7-5-4-6-8-13/h4-8,12,14-15,18H,3,9-11H2,1-2H3,(H,21,22)/t12-,14-,15-/m0/s1. The molecule has 1 aliphatic heterocycles. The molecule has 0 aromatic heterocycles. The number of ether oxygens (including phenoxy) is 1. The fourth-order valence-electron chi connectivity index (χ4n) is 2.97. The highest BCUT2D eigenvalue weighted by Crippen LogP contribution is 2.23. The average molecular weight is 320 g/mol. The Bertz CT molecular complexity index is 535. The van der Waals surface area contributed by atoms with Crippen LogP contribution in [-0.2, 0) is 9.53 Å². The van der Waals surface area contributed by atoms with Gasteiger partial charge in [0.25, 0.3) is 0 Å². The number of rotatable bonds is 5. The molecule has 126 valence electrons. The number of nitrogens with one attached hydrogen (secondary N) is 1. The van der Waals surface area contributed by atoms with E-state index in [0.717, 1.165) is 5.56 Å². The van der Waals surface area contributed by atoms with Crippen molar-refractivity contribution in [1.82, 2.24) is 10.2 Å². The molecule has 0 spiro atoms. The van der Waals surface area contributed by atoms with Crippen molar-refractivity contribution in [2.75, 3.05) is 19.7 Å². The molecule has 6 nitrogen and oxygen atoms in total. The van der Waals surface area contributed by atoms with Crippen LogP contribution in [0.25, 0.3) is 0 Å². The number of carbonyl (C=O) groups excluding carboxylic acids is 1. The molecule has 23 heavy (non-hydrogen) atoms. The molecule has 3 atom stereocenters. The molecule has 2 rings (SSSR count). The van der Waals surface area contributed by atoms with E-state index in [2.05, 4.69) is 5.32 Å². The number of likely N-dealkylation sites (tertiary alicyclic amines) is 1. The number of benzene rings is 1. The number of esters is 1. The van der Waals surface area contributed by atoms with Gasteiger partial charge in [-0.1, -0.05) is 30.3 Å². The Morgan fingerprint density at radius 3 is 2.70 bits per heavy atom. The number of carboxylic acid groups (broad SMARTS) is 1. The van der Waals surface area contributed by atoms with Crippen LogP contribution < -0.4 is 5.32 Å². The molecule has 0 saturated carbocycles. The van der Waals surface area contributed by atoms with Gasteiger partial charge in [-0.3, -0.25) is 4.79 Å². The highest BCUT2D eigenvalue weighted by atomic mass is 16.5. The molecule has 1 aromatic rings. The summed E-state index contributed by atoms with van der Waals surface area (Å²) in [5.74, 6) is -0.817. The van der Waals surface area contributed by atoms with Crippen molar-refractivity contribution in [3.8, 4) is 0 Å². The van der Waals surface area contributed by atoms with Gasteiger partial charge in [-0.15, -0.1) is 0 Å². The fourth-order valence-corrected chi connectivity index (χ4v) is 2.97. The first kappa shape index (κ1) is 17.3. The SMILES string of the molecule is CCOC(=O)[C@H]1CN(C(=O)O)CC[C@@H]1N[C@@H](C)c1ccccc1. The monoisotopic (exact) mass is 320 g/mol. The van der Waals surface area contributed by atoms with Gasteiger partial charge >= 0.3 is 12.1 Å². The Labute approximate surface area is 136 Å². The van der Waals surface area contributed by atoms with Gasteiger partial charge < -0.3 is 20.1 Å². The summed E-state index contributed by atoms with van der Waals surface area (Å²) in [7, 11) is 0. The Balaban J connectivity index is 2.08.